The van der Waals surface area contributed by atoms with Crippen molar-refractivity contribution in [1.29, 1.82) is 0 Å². The van der Waals surface area contributed by atoms with Crippen LogP contribution in [0.4, 0.5) is 5.69 Å². The molecule has 1 aromatic heterocycles. The van der Waals surface area contributed by atoms with Gasteiger partial charge in [-0.15, -0.1) is 0 Å². The lowest BCUT2D eigenvalue weighted by molar-refractivity contribution is -0.136. The summed E-state index contributed by atoms with van der Waals surface area (Å²) in [6.07, 6.45) is 1.61. The molecule has 0 aliphatic carbocycles. The first-order valence-corrected chi connectivity index (χ1v) is 10.6. The van der Waals surface area contributed by atoms with Crippen molar-refractivity contribution in [3.05, 3.63) is 83.6 Å². The minimum atomic E-state index is -0.894. The van der Waals surface area contributed by atoms with Gasteiger partial charge in [0.05, 0.1) is 18.4 Å². The normalized spacial score (nSPS) is 10.9. The highest BCUT2D eigenvalue weighted by Gasteiger charge is 2.15. The van der Waals surface area contributed by atoms with Crippen molar-refractivity contribution in [2.75, 3.05) is 11.9 Å². The SMILES string of the molecule is CCNc1cc(-c2cccc(CN)c2)cc2c(COc3ccccc3CC(=O)O)coc12. The number of carboxylic acid groups (broad SMARTS) is 1. The summed E-state index contributed by atoms with van der Waals surface area (Å²) in [6.45, 7) is 3.55. The van der Waals surface area contributed by atoms with Gasteiger partial charge in [0, 0.05) is 29.6 Å². The van der Waals surface area contributed by atoms with Gasteiger partial charge in [-0.25, -0.2) is 0 Å². The van der Waals surface area contributed by atoms with E-state index in [-0.39, 0.29) is 13.0 Å². The third-order valence-corrected chi connectivity index (χ3v) is 5.31. The molecule has 4 rings (SSSR count). The van der Waals surface area contributed by atoms with E-state index in [4.69, 9.17) is 20.0 Å². The Labute approximate surface area is 186 Å². The molecule has 6 heteroatoms. The molecule has 0 aliphatic rings. The fraction of sp³-hybridized carbons (Fsp3) is 0.192. The van der Waals surface area contributed by atoms with Crippen molar-refractivity contribution in [1.82, 2.24) is 0 Å². The Balaban J connectivity index is 1.70. The summed E-state index contributed by atoms with van der Waals surface area (Å²) in [6, 6.07) is 19.5. The molecule has 32 heavy (non-hydrogen) atoms. The number of hydrogen-bond donors (Lipinski definition) is 3. The summed E-state index contributed by atoms with van der Waals surface area (Å²) < 4.78 is 11.9. The molecule has 164 valence electrons. The van der Waals surface area contributed by atoms with Crippen molar-refractivity contribution >= 4 is 22.6 Å². The zero-order valence-corrected chi connectivity index (χ0v) is 17.9. The Bertz CT molecular complexity index is 1250. The van der Waals surface area contributed by atoms with E-state index in [0.29, 0.717) is 17.9 Å². The Kier molecular flexibility index (Phi) is 6.42. The van der Waals surface area contributed by atoms with Crippen LogP contribution in [-0.2, 0) is 24.4 Å². The van der Waals surface area contributed by atoms with Crippen LogP contribution < -0.4 is 15.8 Å². The molecule has 0 spiro atoms. The number of carboxylic acids is 1. The summed E-state index contributed by atoms with van der Waals surface area (Å²) >= 11 is 0. The van der Waals surface area contributed by atoms with Crippen LogP contribution >= 0.6 is 0 Å². The molecule has 4 aromatic rings. The number of nitrogens with one attached hydrogen (secondary N) is 1. The number of hydrogen-bond acceptors (Lipinski definition) is 5. The molecule has 0 atom stereocenters. The summed E-state index contributed by atoms with van der Waals surface area (Å²) in [7, 11) is 0. The monoisotopic (exact) mass is 430 g/mol. The molecule has 4 N–H and O–H groups in total. The van der Waals surface area contributed by atoms with Gasteiger partial charge < -0.3 is 25.3 Å². The number of benzene rings is 3. The predicted molar refractivity (Wildman–Crippen MR) is 126 cm³/mol. The number of para-hydroxylation sites is 1. The van der Waals surface area contributed by atoms with Crippen molar-refractivity contribution in [2.24, 2.45) is 5.73 Å². The predicted octanol–water partition coefficient (Wildman–Crippen LogP) is 5.20. The molecular formula is C26H26N2O4. The van der Waals surface area contributed by atoms with E-state index in [9.17, 15) is 4.79 Å². The third kappa shape index (κ3) is 4.60. The molecular weight excluding hydrogens is 404 g/mol. The molecule has 0 saturated carbocycles. The van der Waals surface area contributed by atoms with Gasteiger partial charge in [-0.05, 0) is 47.9 Å². The number of carbonyl (C=O) groups is 1. The molecule has 0 aliphatic heterocycles. The van der Waals surface area contributed by atoms with Gasteiger partial charge in [0.15, 0.2) is 5.58 Å². The first-order chi connectivity index (χ1) is 15.6. The summed E-state index contributed by atoms with van der Waals surface area (Å²) in [5.74, 6) is -0.336. The van der Waals surface area contributed by atoms with Gasteiger partial charge in [-0.3, -0.25) is 4.79 Å². The maximum atomic E-state index is 11.2. The lowest BCUT2D eigenvalue weighted by Gasteiger charge is -2.11. The zero-order chi connectivity index (χ0) is 22.5. The van der Waals surface area contributed by atoms with Crippen molar-refractivity contribution in [3.63, 3.8) is 0 Å². The summed E-state index contributed by atoms with van der Waals surface area (Å²) in [5.41, 5.74) is 12.2. The highest BCUT2D eigenvalue weighted by molar-refractivity contribution is 5.96. The second-order valence-corrected chi connectivity index (χ2v) is 7.56. The molecule has 0 amide bonds. The molecule has 1 heterocycles. The zero-order valence-electron chi connectivity index (χ0n) is 17.9. The maximum absolute atomic E-state index is 11.2. The van der Waals surface area contributed by atoms with Gasteiger partial charge in [-0.2, -0.15) is 0 Å². The number of nitrogens with two attached hydrogens (primary N) is 1. The number of aliphatic carboxylic acids is 1. The third-order valence-electron chi connectivity index (χ3n) is 5.31. The molecule has 0 unspecified atom stereocenters. The average Bonchev–Trinajstić information content (AvgIpc) is 3.21. The van der Waals surface area contributed by atoms with Crippen LogP contribution in [0.3, 0.4) is 0 Å². The van der Waals surface area contributed by atoms with Gasteiger partial charge in [0.25, 0.3) is 0 Å². The largest absolute Gasteiger partial charge is 0.488 e. The fourth-order valence-electron chi connectivity index (χ4n) is 3.78. The van der Waals surface area contributed by atoms with Gasteiger partial charge in [0.1, 0.15) is 12.4 Å². The molecule has 3 aromatic carbocycles. The number of ether oxygens (including phenoxy) is 1. The second kappa shape index (κ2) is 9.58. The van der Waals surface area contributed by atoms with Crippen LogP contribution in [-0.4, -0.2) is 17.6 Å². The van der Waals surface area contributed by atoms with E-state index in [0.717, 1.165) is 45.5 Å². The Morgan fingerprint density at radius 3 is 2.69 bits per heavy atom. The number of fused-ring (bicyclic) bond motifs is 1. The van der Waals surface area contributed by atoms with Crippen molar-refractivity contribution in [3.8, 4) is 16.9 Å². The lowest BCUT2D eigenvalue weighted by Crippen LogP contribution is -2.04. The van der Waals surface area contributed by atoms with E-state index in [1.54, 1.807) is 18.4 Å². The van der Waals surface area contributed by atoms with Crippen molar-refractivity contribution in [2.45, 2.75) is 26.5 Å². The van der Waals surface area contributed by atoms with Gasteiger partial charge in [-0.1, -0.05) is 36.4 Å². The van der Waals surface area contributed by atoms with Crippen molar-refractivity contribution < 1.29 is 19.1 Å². The maximum Gasteiger partial charge on any atom is 0.307 e. The van der Waals surface area contributed by atoms with E-state index >= 15 is 0 Å². The van der Waals surface area contributed by atoms with Crippen LogP contribution in [0.15, 0.2) is 71.3 Å². The quantitative estimate of drug-likeness (QED) is 0.338. The Morgan fingerprint density at radius 2 is 1.91 bits per heavy atom. The smallest absolute Gasteiger partial charge is 0.307 e. The van der Waals surface area contributed by atoms with E-state index < -0.39 is 5.97 Å². The van der Waals surface area contributed by atoms with E-state index in [1.165, 1.54) is 0 Å². The Morgan fingerprint density at radius 1 is 1.06 bits per heavy atom. The number of rotatable bonds is 9. The number of furan rings is 1. The molecule has 0 saturated heterocycles. The van der Waals surface area contributed by atoms with Gasteiger partial charge >= 0.3 is 5.97 Å². The standard InChI is InChI=1S/C26H26N2O4/c1-2-28-23-12-20(18-8-5-6-17(10-18)14-27)11-22-21(16-32-26(22)23)15-31-24-9-4-3-7-19(24)13-25(29)30/h3-12,16,28H,2,13-15,27H2,1H3,(H,29,30). The van der Waals surface area contributed by atoms with E-state index in [2.05, 4.69) is 29.6 Å². The molecule has 0 bridgehead atoms. The lowest BCUT2D eigenvalue weighted by atomic mass is 9.99. The van der Waals surface area contributed by atoms with Crippen LogP contribution in [0, 0.1) is 0 Å². The van der Waals surface area contributed by atoms with Gasteiger partial charge in [0.2, 0.25) is 0 Å². The van der Waals surface area contributed by atoms with Crippen LogP contribution in [0.1, 0.15) is 23.6 Å². The molecule has 6 nitrogen and oxygen atoms in total. The highest BCUT2D eigenvalue weighted by Crippen LogP contribution is 2.35. The summed E-state index contributed by atoms with van der Waals surface area (Å²) in [4.78, 5) is 11.2. The first kappa shape index (κ1) is 21.5. The minimum absolute atomic E-state index is 0.0888. The fourth-order valence-corrected chi connectivity index (χ4v) is 3.78. The van der Waals surface area contributed by atoms with E-state index in [1.807, 2.05) is 31.2 Å². The Hall–Kier alpha value is -3.77. The molecule has 0 radical (unpaired) electrons. The topological polar surface area (TPSA) is 97.7 Å². The van der Waals surface area contributed by atoms with Crippen LogP contribution in [0.2, 0.25) is 0 Å². The van der Waals surface area contributed by atoms with Crippen LogP contribution in [0.5, 0.6) is 5.75 Å². The first-order valence-electron chi connectivity index (χ1n) is 10.6. The number of anilines is 1. The summed E-state index contributed by atoms with van der Waals surface area (Å²) in [5, 5.41) is 13.5. The second-order valence-electron chi connectivity index (χ2n) is 7.56. The molecule has 0 fully saturated rings. The highest BCUT2D eigenvalue weighted by atomic mass is 16.5. The van der Waals surface area contributed by atoms with Crippen LogP contribution in [0.25, 0.3) is 22.1 Å². The minimum Gasteiger partial charge on any atom is -0.488 e. The average molecular weight is 431 g/mol.